The molecule has 0 spiro atoms. The lowest BCUT2D eigenvalue weighted by atomic mass is 10.4. The Hall–Kier alpha value is -2.14. The lowest BCUT2D eigenvalue weighted by molar-refractivity contribution is 0.343. The zero-order valence-electron chi connectivity index (χ0n) is 7.75. The second-order valence-corrected chi connectivity index (χ2v) is 1.97. The van der Waals surface area contributed by atoms with E-state index in [9.17, 15) is 0 Å². The summed E-state index contributed by atoms with van der Waals surface area (Å²) < 4.78 is 0. The molecule has 1 N–H and O–H groups in total. The van der Waals surface area contributed by atoms with Crippen molar-refractivity contribution in [3.05, 3.63) is 37.0 Å². The maximum atomic E-state index is 8.36. The second kappa shape index (κ2) is 10.9. The molecule has 0 unspecified atom stereocenters. The molecule has 0 aromatic carbocycles. The van der Waals surface area contributed by atoms with Crippen molar-refractivity contribution in [1.82, 2.24) is 0 Å². The van der Waals surface area contributed by atoms with Crippen LogP contribution >= 0.6 is 0 Å². The van der Waals surface area contributed by atoms with Crippen LogP contribution in [-0.2, 0) is 0 Å². The van der Waals surface area contributed by atoms with Crippen molar-refractivity contribution < 1.29 is 5.11 Å². The molecule has 0 rings (SSSR count). The van der Waals surface area contributed by atoms with Crippen LogP contribution in [0.5, 0.6) is 0 Å². The normalized spacial score (nSPS) is 8.07. The smallest absolute Gasteiger partial charge is 0.0621 e. The van der Waals surface area contributed by atoms with E-state index in [-0.39, 0.29) is 6.61 Å². The van der Waals surface area contributed by atoms with Gasteiger partial charge >= 0.3 is 0 Å². The number of aliphatic hydroxyl groups is 1. The van der Waals surface area contributed by atoms with Crippen LogP contribution in [-0.4, -0.2) is 11.7 Å². The number of aliphatic hydroxyl groups excluding tert-OH is 1. The highest BCUT2D eigenvalue weighted by Gasteiger charge is 1.60. The molecule has 0 radical (unpaired) electrons. The highest BCUT2D eigenvalue weighted by atomic mass is 16.2. The van der Waals surface area contributed by atoms with E-state index in [1.807, 2.05) is 0 Å². The van der Waals surface area contributed by atoms with Crippen molar-refractivity contribution >= 4 is 0 Å². The minimum atomic E-state index is -0.00569. The van der Waals surface area contributed by atoms with Crippen LogP contribution < -0.4 is 0 Å². The SMILES string of the molecule is C=C/C=C/C#CC#CC#C/C=C/CO. The minimum absolute atomic E-state index is 0.00569. The number of hydrogen-bond donors (Lipinski definition) is 1. The molecule has 1 heteroatoms. The molecule has 1 nitrogen and oxygen atoms in total. The van der Waals surface area contributed by atoms with Gasteiger partial charge in [-0.1, -0.05) is 36.6 Å². The van der Waals surface area contributed by atoms with Gasteiger partial charge in [0.1, 0.15) is 0 Å². The summed E-state index contributed by atoms with van der Waals surface area (Å²) in [4.78, 5) is 0. The molecule has 0 heterocycles. The van der Waals surface area contributed by atoms with Crippen LogP contribution in [0.25, 0.3) is 0 Å². The topological polar surface area (TPSA) is 20.2 Å². The maximum Gasteiger partial charge on any atom is 0.0621 e. The van der Waals surface area contributed by atoms with Gasteiger partial charge in [-0.2, -0.15) is 0 Å². The first kappa shape index (κ1) is 11.9. The molecule has 14 heavy (non-hydrogen) atoms. The molecule has 0 aliphatic rings. The zero-order chi connectivity index (χ0) is 10.5. The van der Waals surface area contributed by atoms with E-state index in [1.165, 1.54) is 6.08 Å². The third kappa shape index (κ3) is 9.86. The first-order chi connectivity index (χ1) is 6.91. The largest absolute Gasteiger partial charge is 0.392 e. The summed E-state index contributed by atoms with van der Waals surface area (Å²) in [7, 11) is 0. The fraction of sp³-hybridized carbons (Fsp3) is 0.0769. The Morgan fingerprint density at radius 1 is 1.00 bits per heavy atom. The summed E-state index contributed by atoms with van der Waals surface area (Å²) in [5, 5.41) is 8.36. The fourth-order valence-electron chi connectivity index (χ4n) is 0.446. The molecular formula is C13H10O. The predicted octanol–water partition coefficient (Wildman–Crippen LogP) is 1.29. The molecule has 0 aromatic heterocycles. The summed E-state index contributed by atoms with van der Waals surface area (Å²) in [5.74, 6) is 15.6. The average molecular weight is 182 g/mol. The first-order valence-electron chi connectivity index (χ1n) is 3.96. The van der Waals surface area contributed by atoms with Gasteiger partial charge in [0.2, 0.25) is 0 Å². The average Bonchev–Trinajstić information content (AvgIpc) is 2.21. The standard InChI is InChI=1S/C13H10O/c1-2-3-4-5-6-7-8-9-10-11-12-13-14/h2-4,11-12,14H,1,13H2/b4-3+,12-11+. The van der Waals surface area contributed by atoms with Crippen molar-refractivity contribution in [1.29, 1.82) is 0 Å². The van der Waals surface area contributed by atoms with Crippen LogP contribution in [0, 0.1) is 35.5 Å². The third-order valence-electron chi connectivity index (χ3n) is 0.954. The number of allylic oxidation sites excluding steroid dienone is 4. The van der Waals surface area contributed by atoms with Crippen molar-refractivity contribution in [2.75, 3.05) is 6.61 Å². The molecule has 0 saturated carbocycles. The summed E-state index contributed by atoms with van der Waals surface area (Å²) in [6, 6.07) is 0. The predicted molar refractivity (Wildman–Crippen MR) is 58.9 cm³/mol. The number of hydrogen-bond acceptors (Lipinski definition) is 1. The second-order valence-electron chi connectivity index (χ2n) is 1.97. The summed E-state index contributed by atoms with van der Waals surface area (Å²) in [6.07, 6.45) is 8.10. The van der Waals surface area contributed by atoms with Gasteiger partial charge in [0, 0.05) is 0 Å². The lowest BCUT2D eigenvalue weighted by Crippen LogP contribution is -1.67. The Balaban J connectivity index is 3.96. The highest BCUT2D eigenvalue weighted by Crippen LogP contribution is 1.68. The van der Waals surface area contributed by atoms with Crippen LogP contribution in [0.3, 0.4) is 0 Å². The summed E-state index contributed by atoms with van der Waals surface area (Å²) in [5.41, 5.74) is 0. The molecule has 0 atom stereocenters. The van der Waals surface area contributed by atoms with Crippen molar-refractivity contribution in [2.24, 2.45) is 0 Å². The van der Waals surface area contributed by atoms with E-state index in [0.717, 1.165) is 0 Å². The van der Waals surface area contributed by atoms with Crippen LogP contribution in [0.4, 0.5) is 0 Å². The third-order valence-corrected chi connectivity index (χ3v) is 0.954. The van der Waals surface area contributed by atoms with Crippen LogP contribution in [0.1, 0.15) is 0 Å². The molecule has 0 amide bonds. The highest BCUT2D eigenvalue weighted by molar-refractivity contribution is 5.39. The molecule has 0 aliphatic heterocycles. The van der Waals surface area contributed by atoms with E-state index in [4.69, 9.17) is 5.11 Å². The molecule has 0 aliphatic carbocycles. The van der Waals surface area contributed by atoms with Gasteiger partial charge in [-0.05, 0) is 35.8 Å². The van der Waals surface area contributed by atoms with E-state index in [2.05, 4.69) is 42.1 Å². The summed E-state index contributed by atoms with van der Waals surface area (Å²) in [6.45, 7) is 3.49. The molecule has 0 saturated heterocycles. The first-order valence-corrected chi connectivity index (χ1v) is 3.96. The van der Waals surface area contributed by atoms with Gasteiger partial charge in [-0.25, -0.2) is 0 Å². The molecule has 0 aromatic rings. The maximum absolute atomic E-state index is 8.36. The Labute approximate surface area is 84.8 Å². The Morgan fingerprint density at radius 3 is 2.21 bits per heavy atom. The van der Waals surface area contributed by atoms with Gasteiger partial charge in [0.25, 0.3) is 0 Å². The number of rotatable bonds is 2. The molecule has 68 valence electrons. The van der Waals surface area contributed by atoms with Crippen LogP contribution in [0.15, 0.2) is 37.0 Å². The molecule has 0 fully saturated rings. The minimum Gasteiger partial charge on any atom is -0.392 e. The van der Waals surface area contributed by atoms with Gasteiger partial charge in [-0.3, -0.25) is 0 Å². The van der Waals surface area contributed by atoms with Gasteiger partial charge in [0.15, 0.2) is 0 Å². The Morgan fingerprint density at radius 2 is 1.64 bits per heavy atom. The van der Waals surface area contributed by atoms with Gasteiger partial charge in [-0.15, -0.1) is 0 Å². The van der Waals surface area contributed by atoms with E-state index < -0.39 is 0 Å². The van der Waals surface area contributed by atoms with E-state index in [1.54, 1.807) is 24.3 Å². The Kier molecular flexibility index (Phi) is 9.20. The monoisotopic (exact) mass is 182 g/mol. The molecule has 0 bridgehead atoms. The zero-order valence-corrected chi connectivity index (χ0v) is 7.75. The van der Waals surface area contributed by atoms with Crippen molar-refractivity contribution in [3.8, 4) is 35.5 Å². The van der Waals surface area contributed by atoms with E-state index >= 15 is 0 Å². The Bertz CT molecular complexity index is 392. The fourth-order valence-corrected chi connectivity index (χ4v) is 0.446. The van der Waals surface area contributed by atoms with E-state index in [0.29, 0.717) is 0 Å². The van der Waals surface area contributed by atoms with Crippen molar-refractivity contribution in [3.63, 3.8) is 0 Å². The van der Waals surface area contributed by atoms with Gasteiger partial charge in [0.05, 0.1) is 6.61 Å². The summed E-state index contributed by atoms with van der Waals surface area (Å²) >= 11 is 0. The lowest BCUT2D eigenvalue weighted by Gasteiger charge is -1.68. The van der Waals surface area contributed by atoms with Crippen LogP contribution in [0.2, 0.25) is 0 Å². The van der Waals surface area contributed by atoms with Crippen molar-refractivity contribution in [2.45, 2.75) is 0 Å². The quantitative estimate of drug-likeness (QED) is 0.504. The van der Waals surface area contributed by atoms with Gasteiger partial charge < -0.3 is 5.11 Å². The molecular weight excluding hydrogens is 172 g/mol.